The third-order valence-electron chi connectivity index (χ3n) is 16.4. The molecule has 2 spiro atoms. The number of hydrogen-bond acceptors (Lipinski definition) is 10. The van der Waals surface area contributed by atoms with Crippen LogP contribution >= 0.6 is 0 Å². The van der Waals surface area contributed by atoms with Gasteiger partial charge in [0.1, 0.15) is 5.82 Å². The molecule has 6 heterocycles. The zero-order valence-electron chi connectivity index (χ0n) is 41.0. The maximum atomic E-state index is 14.2. The lowest BCUT2D eigenvalue weighted by Gasteiger charge is -2.43. The van der Waals surface area contributed by atoms with Gasteiger partial charge in [-0.25, -0.2) is 22.5 Å². The summed E-state index contributed by atoms with van der Waals surface area (Å²) in [5, 5.41) is 17.3. The predicted octanol–water partition coefficient (Wildman–Crippen LogP) is 10.1. The Kier molecular flexibility index (Phi) is 12.5. The number of aliphatic hydroxyl groups excluding tert-OH is 1. The zero-order valence-corrected chi connectivity index (χ0v) is 41.0. The monoisotopic (exact) mass is 966 g/mol. The van der Waals surface area contributed by atoms with Gasteiger partial charge in [-0.1, -0.05) is 0 Å². The molecule has 2 amide bonds. The Morgan fingerprint density at radius 2 is 1.29 bits per heavy atom. The molecule has 3 N–H and O–H groups in total. The first-order valence-electron chi connectivity index (χ1n) is 25.3. The Labute approximate surface area is 408 Å². The number of aliphatic hydroxyl groups is 1. The molecule has 2 aliphatic carbocycles. The summed E-state index contributed by atoms with van der Waals surface area (Å²) in [6.07, 6.45) is 9.81. The maximum absolute atomic E-state index is 14.2. The number of amides is 2. The summed E-state index contributed by atoms with van der Waals surface area (Å²) in [4.78, 5) is 48.7. The van der Waals surface area contributed by atoms with Crippen molar-refractivity contribution in [2.45, 2.75) is 122 Å². The Morgan fingerprint density at radius 1 is 0.700 bits per heavy atom. The van der Waals surface area contributed by atoms with Crippen molar-refractivity contribution in [3.63, 3.8) is 0 Å². The molecule has 0 radical (unpaired) electrons. The Morgan fingerprint density at radius 3 is 1.90 bits per heavy atom. The quantitative estimate of drug-likeness (QED) is 0.118. The molecule has 10 rings (SSSR count). The summed E-state index contributed by atoms with van der Waals surface area (Å²) in [6, 6.07) is 17.0. The molecule has 2 aromatic heterocycles. The topological polar surface area (TPSA) is 120 Å². The summed E-state index contributed by atoms with van der Waals surface area (Å²) < 4.78 is 56.0. The van der Waals surface area contributed by atoms with E-state index >= 15 is 0 Å². The number of benzene rings is 2. The number of carbonyl (C=O) groups excluding carboxylic acids is 2. The van der Waals surface area contributed by atoms with Gasteiger partial charge in [0.15, 0.2) is 5.82 Å². The van der Waals surface area contributed by atoms with Crippen molar-refractivity contribution in [2.24, 2.45) is 10.8 Å². The van der Waals surface area contributed by atoms with E-state index in [1.54, 1.807) is 24.5 Å². The van der Waals surface area contributed by atoms with E-state index < -0.39 is 17.4 Å². The van der Waals surface area contributed by atoms with Crippen LogP contribution in [0.1, 0.15) is 116 Å². The number of nitrogens with zero attached hydrogens (tertiary/aromatic N) is 7. The highest BCUT2D eigenvalue weighted by Crippen LogP contribution is 2.59. The van der Waals surface area contributed by atoms with Crippen LogP contribution in [0.15, 0.2) is 67.0 Å². The van der Waals surface area contributed by atoms with Crippen molar-refractivity contribution in [3.8, 4) is 0 Å². The van der Waals surface area contributed by atoms with Gasteiger partial charge in [0.05, 0.1) is 35.3 Å². The molecule has 4 aliphatic heterocycles. The summed E-state index contributed by atoms with van der Waals surface area (Å²) >= 11 is 0. The zero-order chi connectivity index (χ0) is 49.2. The molecule has 70 heavy (non-hydrogen) atoms. The minimum Gasteiger partial charge on any atom is -0.394 e. The van der Waals surface area contributed by atoms with E-state index in [2.05, 4.69) is 30.3 Å². The average Bonchev–Trinajstić information content (AvgIpc) is 4.25. The minimum absolute atomic E-state index is 0.0463. The summed E-state index contributed by atoms with van der Waals surface area (Å²) in [6.45, 7) is 11.8. The lowest BCUT2D eigenvalue weighted by atomic mass is 9.90. The van der Waals surface area contributed by atoms with E-state index in [0.717, 1.165) is 79.2 Å². The average molecular weight is 966 g/mol. The molecular formula is C54H67F4N9O3. The number of carbonyl (C=O) groups is 2. The van der Waals surface area contributed by atoms with Crippen LogP contribution in [-0.4, -0.2) is 109 Å². The number of rotatable bonds is 12. The third kappa shape index (κ3) is 9.98. The van der Waals surface area contributed by atoms with Gasteiger partial charge in [-0.2, -0.15) is 0 Å². The molecule has 6 aliphatic rings. The smallest absolute Gasteiger partial charge is 0.257 e. The summed E-state index contributed by atoms with van der Waals surface area (Å²) in [5.41, 5.74) is 6.01. The van der Waals surface area contributed by atoms with Crippen molar-refractivity contribution < 1.29 is 32.3 Å². The van der Waals surface area contributed by atoms with Crippen LogP contribution < -0.4 is 35.1 Å². The highest BCUT2D eigenvalue weighted by Gasteiger charge is 2.60. The number of aromatic nitrogens is 2. The van der Waals surface area contributed by atoms with Gasteiger partial charge in [-0.3, -0.25) is 14.6 Å². The molecular weight excluding hydrogens is 899 g/mol. The number of nitrogens with one attached hydrogen (secondary N) is 2. The van der Waals surface area contributed by atoms with Gasteiger partial charge in [0.25, 0.3) is 23.7 Å². The number of halogens is 4. The number of piperidine rings is 4. The van der Waals surface area contributed by atoms with Crippen LogP contribution in [-0.2, 0) is 0 Å². The highest BCUT2D eigenvalue weighted by atomic mass is 19.3. The Hall–Kier alpha value is -5.64. The molecule has 4 aromatic rings. The second kappa shape index (κ2) is 18.2. The van der Waals surface area contributed by atoms with E-state index in [1.807, 2.05) is 80.0 Å². The van der Waals surface area contributed by atoms with Gasteiger partial charge in [-0.15, -0.1) is 0 Å². The second-order valence-corrected chi connectivity index (χ2v) is 22.0. The Bertz CT molecular complexity index is 2600. The molecule has 1 atom stereocenters. The first-order valence-corrected chi connectivity index (χ1v) is 25.3. The number of anilines is 7. The fourth-order valence-electron chi connectivity index (χ4n) is 11.7. The molecule has 1 unspecified atom stereocenters. The van der Waals surface area contributed by atoms with Gasteiger partial charge >= 0.3 is 0 Å². The fourth-order valence-corrected chi connectivity index (χ4v) is 11.7. The van der Waals surface area contributed by atoms with Crippen molar-refractivity contribution in [1.29, 1.82) is 0 Å². The van der Waals surface area contributed by atoms with E-state index in [0.29, 0.717) is 46.8 Å². The molecule has 2 saturated carbocycles. The van der Waals surface area contributed by atoms with Gasteiger partial charge in [-0.05, 0) is 149 Å². The van der Waals surface area contributed by atoms with Crippen molar-refractivity contribution in [3.05, 3.63) is 89.2 Å². The van der Waals surface area contributed by atoms with E-state index in [1.165, 1.54) is 12.8 Å². The van der Waals surface area contributed by atoms with Crippen LogP contribution in [0.3, 0.4) is 0 Å². The van der Waals surface area contributed by atoms with E-state index in [9.17, 15) is 32.3 Å². The first-order chi connectivity index (χ1) is 33.3. The van der Waals surface area contributed by atoms with Crippen molar-refractivity contribution >= 4 is 51.9 Å². The summed E-state index contributed by atoms with van der Waals surface area (Å²) in [7, 11) is 0. The molecule has 0 bridgehead atoms. The van der Waals surface area contributed by atoms with Gasteiger partial charge in [0.2, 0.25) is 0 Å². The van der Waals surface area contributed by atoms with Crippen LogP contribution in [0.5, 0.6) is 0 Å². The molecule has 12 nitrogen and oxygen atoms in total. The molecule has 374 valence electrons. The number of pyridine rings is 2. The van der Waals surface area contributed by atoms with Crippen molar-refractivity contribution in [2.75, 3.05) is 94.1 Å². The molecule has 16 heteroatoms. The lowest BCUT2D eigenvalue weighted by molar-refractivity contribution is -0.0226. The highest BCUT2D eigenvalue weighted by molar-refractivity contribution is 6.08. The van der Waals surface area contributed by atoms with Gasteiger partial charge < -0.3 is 40.2 Å². The fraction of sp³-hybridized carbons (Fsp3) is 0.556. The van der Waals surface area contributed by atoms with E-state index in [4.69, 9.17) is 4.98 Å². The number of alkyl halides is 4. The lowest BCUT2D eigenvalue weighted by Crippen LogP contribution is -2.51. The molecule has 4 saturated heterocycles. The third-order valence-corrected chi connectivity index (χ3v) is 16.4. The SMILES string of the molecule is Cc1cc(NC(=O)c2ccncc2N2CCC3(CC2)CC3N(c2ccc(NC(=O)c3cc(C)cc(N4CCC(F)(F)CC4)c3)c(N3CCC4(CC3)CC4)n2)C(C)(C)CO)cc(N2CCC(F)(F)CC2)c1. The van der Waals surface area contributed by atoms with Gasteiger partial charge in [0, 0.05) is 113 Å². The predicted molar refractivity (Wildman–Crippen MR) is 269 cm³/mol. The standard InChI is InChI=1S/C54H67F4N9O3/c1-36-27-38(31-40(29-36)63-23-14-53(55,56)15-24-63)48(69)61-43-5-6-46(62-47(43)66-19-10-51(8-9-51)11-20-66)67(50(3,4)35-68)45-33-52(45)12-21-65(22-13-52)44-34-59-18-7-42(44)49(70)60-39-28-37(2)30-41(32-39)64-25-16-54(57,58)17-26-64/h5-7,18,27-32,34,45,68H,8-17,19-26,33,35H2,1-4H3,(H,60,70)(H,61,69). The van der Waals surface area contributed by atoms with Crippen LogP contribution in [0.2, 0.25) is 0 Å². The van der Waals surface area contributed by atoms with Crippen LogP contribution in [0.25, 0.3) is 0 Å². The summed E-state index contributed by atoms with van der Waals surface area (Å²) in [5.74, 6) is -4.43. The number of aryl methyl sites for hydroxylation is 2. The largest absolute Gasteiger partial charge is 0.394 e. The minimum atomic E-state index is -2.67. The van der Waals surface area contributed by atoms with E-state index in [-0.39, 0.29) is 81.7 Å². The Balaban J connectivity index is 0.859. The number of hydrogen-bond donors (Lipinski definition) is 3. The maximum Gasteiger partial charge on any atom is 0.257 e. The second-order valence-electron chi connectivity index (χ2n) is 22.0. The van der Waals surface area contributed by atoms with Crippen molar-refractivity contribution in [1.82, 2.24) is 9.97 Å². The molecule has 6 fully saturated rings. The van der Waals surface area contributed by atoms with Crippen LogP contribution in [0.4, 0.5) is 57.6 Å². The molecule has 2 aromatic carbocycles. The first kappa shape index (κ1) is 48.0. The van der Waals surface area contributed by atoms with Crippen LogP contribution in [0, 0.1) is 24.7 Å². The normalized spacial score (nSPS) is 22.2.